The lowest BCUT2D eigenvalue weighted by Crippen LogP contribution is -2.36. The van der Waals surface area contributed by atoms with E-state index in [4.69, 9.17) is 9.72 Å². The van der Waals surface area contributed by atoms with Gasteiger partial charge in [-0.15, -0.1) is 0 Å². The number of benzene rings is 1. The summed E-state index contributed by atoms with van der Waals surface area (Å²) in [7, 11) is 0. The number of fused-ring (bicyclic) bond motifs is 1. The van der Waals surface area contributed by atoms with Gasteiger partial charge in [-0.1, -0.05) is 6.07 Å². The highest BCUT2D eigenvalue weighted by Crippen LogP contribution is 2.43. The highest BCUT2D eigenvalue weighted by Gasteiger charge is 2.29. The minimum atomic E-state index is -0.716. The Hall–Kier alpha value is -3.03. The second kappa shape index (κ2) is 11.4. The molecule has 7 heteroatoms. The maximum Gasteiger partial charge on any atom is 0.304 e. The van der Waals surface area contributed by atoms with Gasteiger partial charge in [0.2, 0.25) is 0 Å². The second-order valence-corrected chi connectivity index (χ2v) is 11.3. The van der Waals surface area contributed by atoms with E-state index >= 15 is 0 Å². The zero-order valence-electron chi connectivity index (χ0n) is 22.1. The molecule has 6 rings (SSSR count). The largest absolute Gasteiger partial charge is 0.481 e. The number of pyridine rings is 2. The van der Waals surface area contributed by atoms with Crippen molar-refractivity contribution in [1.29, 1.82) is 0 Å². The van der Waals surface area contributed by atoms with Gasteiger partial charge < -0.3 is 19.6 Å². The number of ether oxygens (including phenoxy) is 1. The number of hydrogen-bond acceptors (Lipinski definition) is 6. The number of aryl methyl sites for hydroxylation is 1. The Morgan fingerprint density at radius 1 is 1.08 bits per heavy atom. The van der Waals surface area contributed by atoms with Crippen LogP contribution in [0.4, 0.5) is 5.69 Å². The summed E-state index contributed by atoms with van der Waals surface area (Å²) < 4.78 is 5.57. The molecule has 0 spiro atoms. The van der Waals surface area contributed by atoms with Crippen molar-refractivity contribution in [1.82, 2.24) is 14.9 Å². The fourth-order valence-electron chi connectivity index (χ4n) is 6.16. The van der Waals surface area contributed by atoms with Gasteiger partial charge >= 0.3 is 5.97 Å². The predicted molar refractivity (Wildman–Crippen MR) is 149 cm³/mol. The maximum atomic E-state index is 11.9. The van der Waals surface area contributed by atoms with Gasteiger partial charge in [0.15, 0.2) is 5.65 Å². The molecule has 1 aliphatic carbocycles. The molecule has 2 aromatic heterocycles. The molecule has 1 aromatic carbocycles. The number of hydrogen-bond donors (Lipinski definition) is 1. The van der Waals surface area contributed by atoms with Crippen LogP contribution in [0.15, 0.2) is 48.7 Å². The van der Waals surface area contributed by atoms with Crippen LogP contribution in [0.3, 0.4) is 0 Å². The monoisotopic (exact) mass is 514 g/mol. The lowest BCUT2D eigenvalue weighted by Gasteiger charge is -2.31. The molecule has 0 amide bonds. The van der Waals surface area contributed by atoms with Crippen molar-refractivity contribution in [3.63, 3.8) is 0 Å². The lowest BCUT2D eigenvalue weighted by atomic mass is 9.91. The van der Waals surface area contributed by atoms with Gasteiger partial charge in [0.05, 0.1) is 19.6 Å². The number of nitrogens with zero attached hydrogens (tertiary/aromatic N) is 4. The van der Waals surface area contributed by atoms with E-state index in [1.807, 2.05) is 12.1 Å². The zero-order chi connectivity index (χ0) is 25.9. The first-order valence-electron chi connectivity index (χ1n) is 14.2. The van der Waals surface area contributed by atoms with Crippen LogP contribution in [0.1, 0.15) is 60.8 Å². The minimum absolute atomic E-state index is 0.00188. The quantitative estimate of drug-likeness (QED) is 0.414. The van der Waals surface area contributed by atoms with Crippen LogP contribution in [0.2, 0.25) is 0 Å². The Kier molecular flexibility index (Phi) is 7.56. The molecule has 7 nitrogen and oxygen atoms in total. The number of carboxylic acids is 1. The second-order valence-electron chi connectivity index (χ2n) is 11.3. The Bertz CT molecular complexity index is 1270. The summed E-state index contributed by atoms with van der Waals surface area (Å²) in [5, 5.41) is 10.9. The van der Waals surface area contributed by atoms with Crippen LogP contribution >= 0.6 is 0 Å². The van der Waals surface area contributed by atoms with E-state index in [0.717, 1.165) is 81.9 Å². The van der Waals surface area contributed by atoms with E-state index in [-0.39, 0.29) is 12.3 Å². The molecule has 1 saturated carbocycles. The molecule has 0 radical (unpaired) electrons. The van der Waals surface area contributed by atoms with Crippen LogP contribution < -0.4 is 4.90 Å². The smallest absolute Gasteiger partial charge is 0.304 e. The molecule has 2 saturated heterocycles. The third-order valence-electron chi connectivity index (χ3n) is 8.46. The van der Waals surface area contributed by atoms with Crippen molar-refractivity contribution < 1.29 is 14.6 Å². The van der Waals surface area contributed by atoms with Crippen molar-refractivity contribution >= 4 is 22.7 Å². The molecule has 3 aliphatic rings. The van der Waals surface area contributed by atoms with Gasteiger partial charge in [-0.25, -0.2) is 9.97 Å². The molecule has 2 aliphatic heterocycles. The molecule has 1 unspecified atom stereocenters. The molecule has 1 N–H and O–H groups in total. The van der Waals surface area contributed by atoms with E-state index < -0.39 is 5.97 Å². The molecule has 3 fully saturated rings. The van der Waals surface area contributed by atoms with Crippen molar-refractivity contribution in [2.75, 3.05) is 50.8 Å². The van der Waals surface area contributed by atoms with Gasteiger partial charge in [-0.05, 0) is 98.0 Å². The third-order valence-corrected chi connectivity index (χ3v) is 8.46. The summed E-state index contributed by atoms with van der Waals surface area (Å²) in [6, 6.07) is 15.1. The van der Waals surface area contributed by atoms with Gasteiger partial charge in [-0.2, -0.15) is 0 Å². The summed E-state index contributed by atoms with van der Waals surface area (Å²) in [5.74, 6) is 0.531. The number of anilines is 1. The topological polar surface area (TPSA) is 78.8 Å². The van der Waals surface area contributed by atoms with E-state index in [0.29, 0.717) is 11.8 Å². The maximum absolute atomic E-state index is 11.9. The highest BCUT2D eigenvalue weighted by molar-refractivity contribution is 5.74. The molecule has 2 atom stereocenters. The number of morpholine rings is 1. The first-order chi connectivity index (χ1) is 18.6. The van der Waals surface area contributed by atoms with Gasteiger partial charge in [0.25, 0.3) is 0 Å². The molecule has 0 bridgehead atoms. The first kappa shape index (κ1) is 25.3. The summed E-state index contributed by atoms with van der Waals surface area (Å²) in [5.41, 5.74) is 5.73. The Balaban J connectivity index is 1.12. The van der Waals surface area contributed by atoms with Crippen LogP contribution in [0.25, 0.3) is 11.0 Å². The third kappa shape index (κ3) is 6.16. The van der Waals surface area contributed by atoms with Gasteiger partial charge in [0, 0.05) is 55.1 Å². The Labute approximate surface area is 224 Å². The normalized spacial score (nSPS) is 21.2. The number of rotatable bonds is 10. The van der Waals surface area contributed by atoms with Crippen LogP contribution in [-0.2, 0) is 16.0 Å². The molecule has 200 valence electrons. The fourth-order valence-corrected chi connectivity index (χ4v) is 6.16. The van der Waals surface area contributed by atoms with Gasteiger partial charge in [-0.3, -0.25) is 4.79 Å². The first-order valence-corrected chi connectivity index (χ1v) is 14.2. The molecule has 4 heterocycles. The summed E-state index contributed by atoms with van der Waals surface area (Å²) in [4.78, 5) is 26.0. The van der Waals surface area contributed by atoms with E-state index in [9.17, 15) is 9.90 Å². The van der Waals surface area contributed by atoms with Crippen molar-refractivity contribution in [3.05, 3.63) is 65.5 Å². The van der Waals surface area contributed by atoms with E-state index in [1.54, 1.807) is 6.20 Å². The lowest BCUT2D eigenvalue weighted by molar-refractivity contribution is -0.137. The number of aromatic nitrogens is 2. The standard InChI is InChI=1S/C31H38N4O3/c36-30(37)19-27(26-16-25(23-4-5-23)17-29(18-26)35-12-14-38-15-13-35)21-34-11-9-22(20-34)3-7-28-8-6-24-2-1-10-32-31(24)33-28/h1-2,6,8,10,16-18,22-23,27H,3-5,7,9,11-15,19-21H2,(H,36,37)/t22-,27?/m1/s1. The molecular weight excluding hydrogens is 476 g/mol. The minimum Gasteiger partial charge on any atom is -0.481 e. The van der Waals surface area contributed by atoms with Crippen molar-refractivity contribution in [2.45, 2.75) is 50.4 Å². The SMILES string of the molecule is O=C(O)CC(CN1CC[C@@H](CCc2ccc3cccnc3n2)C1)c1cc(C2CC2)cc(N2CCOCC2)c1. The predicted octanol–water partition coefficient (Wildman–Crippen LogP) is 4.86. The number of carboxylic acid groups (broad SMARTS) is 1. The highest BCUT2D eigenvalue weighted by atomic mass is 16.5. The summed E-state index contributed by atoms with van der Waals surface area (Å²) in [6.07, 6.45) is 7.67. The van der Waals surface area contributed by atoms with Crippen molar-refractivity contribution in [2.24, 2.45) is 5.92 Å². The van der Waals surface area contributed by atoms with Gasteiger partial charge in [0.1, 0.15) is 0 Å². The Morgan fingerprint density at radius 3 is 2.76 bits per heavy atom. The Morgan fingerprint density at radius 2 is 1.95 bits per heavy atom. The average molecular weight is 515 g/mol. The average Bonchev–Trinajstić information content (AvgIpc) is 3.71. The van der Waals surface area contributed by atoms with Crippen molar-refractivity contribution in [3.8, 4) is 0 Å². The van der Waals surface area contributed by atoms with E-state index in [2.05, 4.69) is 45.1 Å². The van der Waals surface area contributed by atoms with Crippen LogP contribution in [-0.4, -0.2) is 71.9 Å². The molecule has 3 aromatic rings. The summed E-state index contributed by atoms with van der Waals surface area (Å²) in [6.45, 7) is 6.16. The fraction of sp³-hybridized carbons (Fsp3) is 0.516. The number of likely N-dealkylation sites (tertiary alicyclic amines) is 1. The number of aliphatic carboxylic acids is 1. The van der Waals surface area contributed by atoms with Crippen LogP contribution in [0, 0.1) is 5.92 Å². The molecule has 38 heavy (non-hydrogen) atoms. The van der Waals surface area contributed by atoms with E-state index in [1.165, 1.54) is 29.7 Å². The number of carbonyl (C=O) groups is 1. The molecular formula is C31H38N4O3. The zero-order valence-corrected chi connectivity index (χ0v) is 22.1. The van der Waals surface area contributed by atoms with Crippen LogP contribution in [0.5, 0.6) is 0 Å². The summed E-state index contributed by atoms with van der Waals surface area (Å²) >= 11 is 0.